The molecule has 0 heterocycles. The molecule has 0 atom stereocenters. The second-order valence-corrected chi connectivity index (χ2v) is 0. The fraction of sp³-hybridized carbons (Fsp3) is 0. The van der Waals surface area contributed by atoms with E-state index in [4.69, 9.17) is 0 Å². The van der Waals surface area contributed by atoms with Gasteiger partial charge >= 0.3 is 118 Å². The first-order chi connectivity index (χ1) is 0. The predicted molar refractivity (Wildman–Crippen MR) is 28.6 cm³/mol. The van der Waals surface area contributed by atoms with Crippen LogP contribution in [0.2, 0.25) is 0 Å². The summed E-state index contributed by atoms with van der Waals surface area (Å²) in [7, 11) is 0. The van der Waals surface area contributed by atoms with Crippen molar-refractivity contribution in [1.29, 1.82) is 0 Å². The second kappa shape index (κ2) is 23.6. The molecule has 0 aliphatic heterocycles. The largest absolute Gasteiger partial charge is 0 e. The molecule has 0 fully saturated rings. The number of hydrogen-bond donors (Lipinski definition) is 0. The molecule has 5 heavy (non-hydrogen) atoms. The molecule has 0 amide bonds. The van der Waals surface area contributed by atoms with Gasteiger partial charge in [0.05, 0.1) is 0 Å². The first-order valence-corrected chi connectivity index (χ1v) is 0. The van der Waals surface area contributed by atoms with Crippen molar-refractivity contribution >= 4 is 118 Å². The molecule has 0 aliphatic carbocycles. The third-order valence-electron chi connectivity index (χ3n) is 0. The van der Waals surface area contributed by atoms with Gasteiger partial charge in [0, 0.05) is 16.5 Å². The van der Waals surface area contributed by atoms with Crippen LogP contribution in [0, 0.1) is 0 Å². The maximum atomic E-state index is 0. The van der Waals surface area contributed by atoms with Gasteiger partial charge in [-0.1, -0.05) is 0 Å². The number of hydrogen-bond acceptors (Lipinski definition) is 0. The molecule has 0 radical (unpaired) electrons. The first-order valence-electron chi connectivity index (χ1n) is 0. The van der Waals surface area contributed by atoms with Crippen molar-refractivity contribution in [2.75, 3.05) is 0 Å². The Hall–Kier alpha value is 4.49. The van der Waals surface area contributed by atoms with E-state index in [1.807, 2.05) is 0 Å². The van der Waals surface area contributed by atoms with E-state index in [1.54, 1.807) is 0 Å². The van der Waals surface area contributed by atoms with E-state index in [2.05, 4.69) is 0 Å². The molecule has 5 heteroatoms. The minimum Gasteiger partial charge on any atom is 0 e. The van der Waals surface area contributed by atoms with Crippen LogP contribution in [0.15, 0.2) is 0 Å². The van der Waals surface area contributed by atoms with Crippen molar-refractivity contribution in [2.45, 2.75) is 0 Å². The molecule has 0 unspecified atom stereocenters. The van der Waals surface area contributed by atoms with Crippen LogP contribution in [0.1, 0.15) is 0 Å². The summed E-state index contributed by atoms with van der Waals surface area (Å²) in [6, 6.07) is 0. The summed E-state index contributed by atoms with van der Waals surface area (Å²) in [5.74, 6) is 0. The maximum Gasteiger partial charge on any atom is 0 e. The molecular formula is H4Na4Ni. The maximum absolute atomic E-state index is 0. The quantitative estimate of drug-likeness (QED) is 0.336. The van der Waals surface area contributed by atoms with Crippen molar-refractivity contribution in [2.24, 2.45) is 0 Å². The summed E-state index contributed by atoms with van der Waals surface area (Å²) < 4.78 is 0. The monoisotopic (exact) mass is 154 g/mol. The summed E-state index contributed by atoms with van der Waals surface area (Å²) in [5, 5.41) is 0. The Morgan fingerprint density at radius 2 is 0.400 bits per heavy atom. The zero-order chi connectivity index (χ0) is 0. The van der Waals surface area contributed by atoms with Gasteiger partial charge in [0.25, 0.3) is 0 Å². The van der Waals surface area contributed by atoms with Crippen molar-refractivity contribution in [3.63, 3.8) is 0 Å². The second-order valence-electron chi connectivity index (χ2n) is 0. The minimum atomic E-state index is 0. The fourth-order valence-corrected chi connectivity index (χ4v) is 0. The molecule has 0 aromatic carbocycles. The van der Waals surface area contributed by atoms with E-state index in [-0.39, 0.29) is 135 Å². The van der Waals surface area contributed by atoms with Crippen LogP contribution in [-0.4, -0.2) is 118 Å². The van der Waals surface area contributed by atoms with Crippen LogP contribution in [0.3, 0.4) is 0 Å². The van der Waals surface area contributed by atoms with E-state index in [9.17, 15) is 0 Å². The van der Waals surface area contributed by atoms with Gasteiger partial charge in [-0.3, -0.25) is 0 Å². The molecule has 0 bridgehead atoms. The summed E-state index contributed by atoms with van der Waals surface area (Å²) in [6.45, 7) is 0. The molecule has 18 valence electrons. The third kappa shape index (κ3) is 17.7. The Bertz CT molecular complexity index is 3.61. The molecule has 0 rings (SSSR count). The predicted octanol–water partition coefficient (Wildman–Crippen LogP) is -2.60. The Morgan fingerprint density at radius 3 is 0.400 bits per heavy atom. The molecule has 0 saturated heterocycles. The Morgan fingerprint density at radius 1 is 0.400 bits per heavy atom. The van der Waals surface area contributed by atoms with E-state index in [0.29, 0.717) is 0 Å². The molecule has 0 nitrogen and oxygen atoms in total. The standard InChI is InChI=1S/4Na.Ni.4H. The SMILES string of the molecule is [NaH].[NaH].[NaH].[NaH].[Ni]. The summed E-state index contributed by atoms with van der Waals surface area (Å²) in [6.07, 6.45) is 0. The molecule has 0 aromatic rings. The smallest absolute Gasteiger partial charge is 0 e. The molecule has 0 spiro atoms. The molecular weight excluding hydrogens is 151 g/mol. The number of rotatable bonds is 0. The van der Waals surface area contributed by atoms with Crippen molar-refractivity contribution < 1.29 is 16.5 Å². The van der Waals surface area contributed by atoms with Gasteiger partial charge in [-0.2, -0.15) is 0 Å². The molecule has 0 aromatic heterocycles. The average Bonchev–Trinajstić information content (AvgIpc) is 0. The molecule has 0 saturated carbocycles. The zero-order valence-corrected chi connectivity index (χ0v) is 1.30. The normalized spacial score (nSPS) is 0. The van der Waals surface area contributed by atoms with Crippen molar-refractivity contribution in [1.82, 2.24) is 0 Å². The van der Waals surface area contributed by atoms with Crippen LogP contribution < -0.4 is 0 Å². The molecule has 0 aliphatic rings. The van der Waals surface area contributed by atoms with Crippen LogP contribution in [0.4, 0.5) is 0 Å². The van der Waals surface area contributed by atoms with Crippen LogP contribution in [0.25, 0.3) is 0 Å². The van der Waals surface area contributed by atoms with Crippen LogP contribution in [-0.2, 0) is 16.5 Å². The van der Waals surface area contributed by atoms with Gasteiger partial charge in [0.1, 0.15) is 0 Å². The van der Waals surface area contributed by atoms with Gasteiger partial charge in [0.2, 0.25) is 0 Å². The van der Waals surface area contributed by atoms with Gasteiger partial charge in [-0.05, 0) is 0 Å². The average molecular weight is 155 g/mol. The summed E-state index contributed by atoms with van der Waals surface area (Å²) >= 11 is 0. The van der Waals surface area contributed by atoms with E-state index >= 15 is 0 Å². The third-order valence-corrected chi connectivity index (χ3v) is 0. The Kier molecular flexibility index (Phi) is 160. The van der Waals surface area contributed by atoms with Crippen molar-refractivity contribution in [3.05, 3.63) is 0 Å². The Labute approximate surface area is 131 Å². The minimum absolute atomic E-state index is 0. The summed E-state index contributed by atoms with van der Waals surface area (Å²) in [5.41, 5.74) is 0. The van der Waals surface area contributed by atoms with Gasteiger partial charge in [-0.25, -0.2) is 0 Å². The van der Waals surface area contributed by atoms with Gasteiger partial charge < -0.3 is 0 Å². The van der Waals surface area contributed by atoms with Crippen LogP contribution in [0.5, 0.6) is 0 Å². The van der Waals surface area contributed by atoms with Crippen LogP contribution >= 0.6 is 0 Å². The van der Waals surface area contributed by atoms with Gasteiger partial charge in [-0.15, -0.1) is 0 Å². The molecule has 0 N–H and O–H groups in total. The fourth-order valence-electron chi connectivity index (χ4n) is 0. The van der Waals surface area contributed by atoms with E-state index in [0.717, 1.165) is 0 Å². The topological polar surface area (TPSA) is 0 Å². The van der Waals surface area contributed by atoms with E-state index < -0.39 is 0 Å². The summed E-state index contributed by atoms with van der Waals surface area (Å²) in [4.78, 5) is 0. The Balaban J connectivity index is 0. The van der Waals surface area contributed by atoms with Crippen molar-refractivity contribution in [3.8, 4) is 0 Å². The van der Waals surface area contributed by atoms with Gasteiger partial charge in [0.15, 0.2) is 0 Å². The van der Waals surface area contributed by atoms with E-state index in [1.165, 1.54) is 0 Å². The zero-order valence-electron chi connectivity index (χ0n) is 0.316. The first kappa shape index (κ1) is 33.9.